The Morgan fingerprint density at radius 3 is 2.29 bits per heavy atom. The summed E-state index contributed by atoms with van der Waals surface area (Å²) in [5, 5.41) is 8.62. The van der Waals surface area contributed by atoms with Crippen LogP contribution < -0.4 is 5.73 Å². The first-order chi connectivity index (χ1) is 6.43. The molecule has 1 saturated heterocycles. The number of nitrogens with zero attached hydrogens (tertiary/aromatic N) is 1. The van der Waals surface area contributed by atoms with Gasteiger partial charge in [-0.3, -0.25) is 9.59 Å². The molecular weight excluding hydrogens is 184 g/mol. The zero-order valence-corrected chi connectivity index (χ0v) is 8.43. The molecule has 14 heavy (non-hydrogen) atoms. The highest BCUT2D eigenvalue weighted by Crippen LogP contribution is 2.19. The van der Waals surface area contributed by atoms with Gasteiger partial charge in [0.15, 0.2) is 0 Å². The van der Waals surface area contributed by atoms with Gasteiger partial charge in [-0.25, -0.2) is 0 Å². The van der Waals surface area contributed by atoms with Crippen molar-refractivity contribution < 1.29 is 14.7 Å². The molecule has 0 aromatic rings. The van der Waals surface area contributed by atoms with Crippen molar-refractivity contribution in [2.45, 2.75) is 19.9 Å². The largest absolute Gasteiger partial charge is 0.481 e. The molecule has 5 heteroatoms. The number of hydrogen-bond acceptors (Lipinski definition) is 3. The van der Waals surface area contributed by atoms with Crippen LogP contribution in [0.1, 0.15) is 13.8 Å². The maximum Gasteiger partial charge on any atom is 0.310 e. The van der Waals surface area contributed by atoms with Crippen molar-refractivity contribution in [1.82, 2.24) is 4.90 Å². The van der Waals surface area contributed by atoms with Crippen molar-refractivity contribution in [1.29, 1.82) is 0 Å². The molecule has 0 saturated carbocycles. The average Bonchev–Trinajstić information content (AvgIpc) is 1.98. The lowest BCUT2D eigenvalue weighted by Crippen LogP contribution is -2.56. The Morgan fingerprint density at radius 1 is 1.43 bits per heavy atom. The number of carbonyl (C=O) groups excluding carboxylic acids is 1. The lowest BCUT2D eigenvalue weighted by Gasteiger charge is -2.38. The van der Waals surface area contributed by atoms with E-state index in [0.717, 1.165) is 0 Å². The third kappa shape index (κ3) is 2.04. The summed E-state index contributed by atoms with van der Waals surface area (Å²) in [4.78, 5) is 23.6. The lowest BCUT2D eigenvalue weighted by molar-refractivity contribution is -0.154. The molecule has 1 fully saturated rings. The summed E-state index contributed by atoms with van der Waals surface area (Å²) in [6.07, 6.45) is 0. The van der Waals surface area contributed by atoms with Crippen LogP contribution in [0, 0.1) is 11.8 Å². The number of aliphatic carboxylic acids is 1. The Kier molecular flexibility index (Phi) is 3.10. The predicted molar refractivity (Wildman–Crippen MR) is 50.5 cm³/mol. The highest BCUT2D eigenvalue weighted by atomic mass is 16.4. The van der Waals surface area contributed by atoms with E-state index in [-0.39, 0.29) is 23.8 Å². The van der Waals surface area contributed by atoms with Gasteiger partial charge in [0.25, 0.3) is 0 Å². The third-order valence-electron chi connectivity index (χ3n) is 2.72. The zero-order valence-electron chi connectivity index (χ0n) is 8.43. The van der Waals surface area contributed by atoms with Crippen LogP contribution in [0.4, 0.5) is 0 Å². The zero-order chi connectivity index (χ0) is 10.9. The fourth-order valence-corrected chi connectivity index (χ4v) is 1.33. The minimum absolute atomic E-state index is 0.0440. The topological polar surface area (TPSA) is 83.6 Å². The molecule has 1 aliphatic rings. The Labute approximate surface area is 82.9 Å². The summed E-state index contributed by atoms with van der Waals surface area (Å²) in [6.45, 7) is 4.19. The van der Waals surface area contributed by atoms with Gasteiger partial charge in [0, 0.05) is 19.1 Å². The molecule has 2 atom stereocenters. The number of carboxylic acid groups (broad SMARTS) is 1. The number of likely N-dealkylation sites (tertiary alicyclic amines) is 1. The second kappa shape index (κ2) is 3.96. The van der Waals surface area contributed by atoms with E-state index < -0.39 is 5.97 Å². The fraction of sp³-hybridized carbons (Fsp3) is 0.778. The second-order valence-corrected chi connectivity index (χ2v) is 3.93. The number of amides is 1. The van der Waals surface area contributed by atoms with Gasteiger partial charge in [0.1, 0.15) is 0 Å². The van der Waals surface area contributed by atoms with Gasteiger partial charge in [-0.15, -0.1) is 0 Å². The first-order valence-electron chi connectivity index (χ1n) is 4.70. The maximum absolute atomic E-state index is 11.6. The van der Waals surface area contributed by atoms with Crippen molar-refractivity contribution in [2.75, 3.05) is 13.1 Å². The summed E-state index contributed by atoms with van der Waals surface area (Å²) in [5.41, 5.74) is 5.58. The van der Waals surface area contributed by atoms with E-state index >= 15 is 0 Å². The van der Waals surface area contributed by atoms with E-state index in [9.17, 15) is 9.59 Å². The molecule has 0 aliphatic carbocycles. The van der Waals surface area contributed by atoms with Crippen LogP contribution >= 0.6 is 0 Å². The highest BCUT2D eigenvalue weighted by Gasteiger charge is 2.37. The van der Waals surface area contributed by atoms with E-state index in [0.29, 0.717) is 13.1 Å². The van der Waals surface area contributed by atoms with Crippen molar-refractivity contribution in [3.05, 3.63) is 0 Å². The fourth-order valence-electron chi connectivity index (χ4n) is 1.33. The first-order valence-corrected chi connectivity index (χ1v) is 4.70. The summed E-state index contributed by atoms with van der Waals surface area (Å²) in [7, 11) is 0. The molecule has 0 spiro atoms. The number of carboxylic acids is 1. The third-order valence-corrected chi connectivity index (χ3v) is 2.72. The van der Waals surface area contributed by atoms with Crippen LogP contribution in [-0.2, 0) is 9.59 Å². The smallest absolute Gasteiger partial charge is 0.310 e. The van der Waals surface area contributed by atoms with Gasteiger partial charge in [0.05, 0.1) is 11.8 Å². The van der Waals surface area contributed by atoms with Gasteiger partial charge in [0.2, 0.25) is 5.91 Å². The number of nitrogens with two attached hydrogens (primary N) is 1. The molecule has 1 rings (SSSR count). The van der Waals surface area contributed by atoms with E-state index in [2.05, 4.69) is 0 Å². The molecule has 1 aliphatic heterocycles. The van der Waals surface area contributed by atoms with Crippen LogP contribution in [0.3, 0.4) is 0 Å². The molecule has 0 radical (unpaired) electrons. The quantitative estimate of drug-likeness (QED) is 0.644. The van der Waals surface area contributed by atoms with Crippen molar-refractivity contribution in [2.24, 2.45) is 17.6 Å². The van der Waals surface area contributed by atoms with Crippen LogP contribution in [0.2, 0.25) is 0 Å². The Balaban J connectivity index is 2.40. The molecule has 80 valence electrons. The van der Waals surface area contributed by atoms with E-state index in [4.69, 9.17) is 10.8 Å². The van der Waals surface area contributed by atoms with Crippen molar-refractivity contribution in [3.8, 4) is 0 Å². The van der Waals surface area contributed by atoms with Gasteiger partial charge in [-0.2, -0.15) is 0 Å². The van der Waals surface area contributed by atoms with Gasteiger partial charge >= 0.3 is 5.97 Å². The maximum atomic E-state index is 11.6. The van der Waals surface area contributed by atoms with Crippen molar-refractivity contribution in [3.63, 3.8) is 0 Å². The van der Waals surface area contributed by atoms with Gasteiger partial charge in [-0.1, -0.05) is 6.92 Å². The van der Waals surface area contributed by atoms with Gasteiger partial charge < -0.3 is 15.7 Å². The SMILES string of the molecule is CC(N)C(C)C(=O)N1CC(C(=O)O)C1. The monoisotopic (exact) mass is 200 g/mol. The van der Waals surface area contributed by atoms with Crippen molar-refractivity contribution >= 4 is 11.9 Å². The van der Waals surface area contributed by atoms with E-state index in [1.54, 1.807) is 18.7 Å². The molecule has 1 amide bonds. The van der Waals surface area contributed by atoms with Crippen LogP contribution in [0.5, 0.6) is 0 Å². The Morgan fingerprint density at radius 2 is 1.93 bits per heavy atom. The van der Waals surface area contributed by atoms with Crippen LogP contribution in [0.25, 0.3) is 0 Å². The summed E-state index contributed by atoms with van der Waals surface area (Å²) in [6, 6.07) is -0.189. The summed E-state index contributed by atoms with van der Waals surface area (Å²) >= 11 is 0. The molecule has 2 unspecified atom stereocenters. The molecule has 0 aromatic carbocycles. The molecule has 1 heterocycles. The Hall–Kier alpha value is -1.10. The number of carbonyl (C=O) groups is 2. The standard InChI is InChI=1S/C9H16N2O3/c1-5(6(2)10)8(12)11-3-7(4-11)9(13)14/h5-7H,3-4,10H2,1-2H3,(H,13,14). The van der Waals surface area contributed by atoms with Gasteiger partial charge in [-0.05, 0) is 6.92 Å². The molecule has 0 aromatic heterocycles. The van der Waals surface area contributed by atoms with E-state index in [1.807, 2.05) is 0 Å². The predicted octanol–water partition coefficient (Wildman–Crippen LogP) is -0.487. The summed E-state index contributed by atoms with van der Waals surface area (Å²) in [5.74, 6) is -1.50. The highest BCUT2D eigenvalue weighted by molar-refractivity contribution is 5.82. The number of rotatable bonds is 3. The second-order valence-electron chi connectivity index (χ2n) is 3.93. The summed E-state index contributed by atoms with van der Waals surface area (Å²) < 4.78 is 0. The molecule has 5 nitrogen and oxygen atoms in total. The van der Waals surface area contributed by atoms with Crippen LogP contribution in [0.15, 0.2) is 0 Å². The lowest BCUT2D eigenvalue weighted by atomic mass is 9.95. The minimum Gasteiger partial charge on any atom is -0.481 e. The van der Waals surface area contributed by atoms with Crippen LogP contribution in [-0.4, -0.2) is 41.0 Å². The average molecular weight is 200 g/mol. The molecule has 0 bridgehead atoms. The van der Waals surface area contributed by atoms with E-state index in [1.165, 1.54) is 0 Å². The molecular formula is C9H16N2O3. The first kappa shape index (κ1) is 11.0. The molecule has 3 N–H and O–H groups in total. The number of hydrogen-bond donors (Lipinski definition) is 2. The minimum atomic E-state index is -0.831. The normalized spacial score (nSPS) is 21.2. The Bertz CT molecular complexity index is 246.